The average molecular weight is 497 g/mol. The van der Waals surface area contributed by atoms with Gasteiger partial charge in [-0.1, -0.05) is 19.1 Å². The lowest BCUT2D eigenvalue weighted by molar-refractivity contribution is -0.131. The minimum Gasteiger partial charge on any atom is -0.456 e. The number of rotatable bonds is 5. The fraction of sp³-hybridized carbons (Fsp3) is 0.462. The molecule has 192 valence electrons. The van der Waals surface area contributed by atoms with Crippen LogP contribution in [0.3, 0.4) is 0 Å². The van der Waals surface area contributed by atoms with Crippen molar-refractivity contribution in [1.29, 1.82) is 0 Å². The normalized spacial score (nSPS) is 20.5. The van der Waals surface area contributed by atoms with Crippen molar-refractivity contribution in [3.05, 3.63) is 53.9 Å². The van der Waals surface area contributed by atoms with E-state index in [0.29, 0.717) is 43.2 Å². The molecule has 1 saturated heterocycles. The highest BCUT2D eigenvalue weighted by Gasteiger charge is 2.37. The summed E-state index contributed by atoms with van der Waals surface area (Å²) in [7, 11) is 1.54. The number of carbonyl (C=O) groups excluding carboxylic acids is 3. The van der Waals surface area contributed by atoms with Crippen LogP contribution in [0.25, 0.3) is 0 Å². The van der Waals surface area contributed by atoms with Crippen LogP contribution in [-0.4, -0.2) is 84.5 Å². The van der Waals surface area contributed by atoms with Gasteiger partial charge in [0.05, 0.1) is 43.7 Å². The molecule has 0 saturated carbocycles. The summed E-state index contributed by atoms with van der Waals surface area (Å²) in [5.74, 6) is 0.329. The number of hydrogen-bond donors (Lipinski definition) is 1. The van der Waals surface area contributed by atoms with E-state index in [2.05, 4.69) is 10.3 Å². The van der Waals surface area contributed by atoms with Crippen molar-refractivity contribution in [3.8, 4) is 11.5 Å². The second-order valence-electron chi connectivity index (χ2n) is 8.95. The maximum atomic E-state index is 13.3. The van der Waals surface area contributed by atoms with Gasteiger partial charge in [-0.05, 0) is 30.2 Å². The van der Waals surface area contributed by atoms with Crippen molar-refractivity contribution in [3.63, 3.8) is 0 Å². The van der Waals surface area contributed by atoms with Gasteiger partial charge in [-0.3, -0.25) is 19.4 Å². The Bertz CT molecular complexity index is 1090. The van der Waals surface area contributed by atoms with E-state index < -0.39 is 6.04 Å². The number of aromatic nitrogens is 1. The van der Waals surface area contributed by atoms with E-state index in [1.807, 2.05) is 31.2 Å². The zero-order valence-electron chi connectivity index (χ0n) is 20.6. The van der Waals surface area contributed by atoms with Crippen molar-refractivity contribution in [2.75, 3.05) is 39.9 Å². The van der Waals surface area contributed by atoms with Crippen LogP contribution in [0.1, 0.15) is 35.7 Å². The van der Waals surface area contributed by atoms with E-state index in [-0.39, 0.29) is 43.5 Å². The Morgan fingerprint density at radius 3 is 2.86 bits per heavy atom. The quantitative estimate of drug-likeness (QED) is 0.674. The summed E-state index contributed by atoms with van der Waals surface area (Å²) >= 11 is 0. The second kappa shape index (κ2) is 12.0. The monoisotopic (exact) mass is 496 g/mol. The molecule has 4 bridgehead atoms. The summed E-state index contributed by atoms with van der Waals surface area (Å²) in [6.45, 7) is 3.32. The van der Waals surface area contributed by atoms with Gasteiger partial charge >= 0.3 is 0 Å². The Morgan fingerprint density at radius 1 is 1.19 bits per heavy atom. The topological polar surface area (TPSA) is 110 Å². The Hall–Kier alpha value is -3.50. The molecular formula is C26H32N4O6. The maximum absolute atomic E-state index is 13.3. The smallest absolute Gasteiger partial charge is 0.256 e. The molecule has 2 aromatic rings. The maximum Gasteiger partial charge on any atom is 0.256 e. The molecule has 2 atom stereocenters. The molecule has 10 heteroatoms. The van der Waals surface area contributed by atoms with Crippen molar-refractivity contribution < 1.29 is 28.6 Å². The van der Waals surface area contributed by atoms with Gasteiger partial charge in [-0.15, -0.1) is 0 Å². The minimum atomic E-state index is -0.394. The van der Waals surface area contributed by atoms with E-state index in [0.717, 1.165) is 12.0 Å². The third-order valence-corrected chi connectivity index (χ3v) is 6.17. The van der Waals surface area contributed by atoms with Crippen LogP contribution in [0, 0.1) is 0 Å². The number of hydrogen-bond acceptors (Lipinski definition) is 7. The van der Waals surface area contributed by atoms with Gasteiger partial charge in [-0.2, -0.15) is 0 Å². The molecule has 10 nitrogen and oxygen atoms in total. The van der Waals surface area contributed by atoms with Gasteiger partial charge in [0.1, 0.15) is 11.5 Å². The first-order valence-corrected chi connectivity index (χ1v) is 12.2. The molecule has 0 radical (unpaired) electrons. The molecule has 1 aromatic carbocycles. The number of benzene rings is 1. The highest BCUT2D eigenvalue weighted by Crippen LogP contribution is 2.24. The summed E-state index contributed by atoms with van der Waals surface area (Å²) in [6.07, 6.45) is 3.78. The number of nitrogens with one attached hydrogen (secondary N) is 1. The van der Waals surface area contributed by atoms with Gasteiger partial charge in [0.2, 0.25) is 11.8 Å². The summed E-state index contributed by atoms with van der Waals surface area (Å²) in [6, 6.07) is 8.66. The number of nitrogens with zero attached hydrogens (tertiary/aromatic N) is 3. The minimum absolute atomic E-state index is 0.0350. The number of pyridine rings is 1. The largest absolute Gasteiger partial charge is 0.456 e. The lowest BCUT2D eigenvalue weighted by Gasteiger charge is -2.25. The standard InChI is InChI=1S/C26H32N4O6/c1-3-5-25(32)30-14-22-23(15-30)35-17-18-6-4-7-20(10-18)36-21-11-19(12-27-13-21)26(33)29(8-9-34-2)16-24(31)28-22/h4,6-7,10-13,22-23H,3,5,8-9,14-17H2,1-2H3,(H,28,31)/t22-,23-/m0/s1. The SMILES string of the molecule is CCCC(=O)N1C[C@@H]2NC(=O)CN(CCOC)C(=O)c3cncc(c3)Oc3cccc(c3)CO[C@H]2C1. The van der Waals surface area contributed by atoms with Crippen LogP contribution < -0.4 is 10.1 Å². The molecule has 36 heavy (non-hydrogen) atoms. The second-order valence-corrected chi connectivity index (χ2v) is 8.95. The molecule has 0 unspecified atom stereocenters. The van der Waals surface area contributed by atoms with Gasteiger partial charge in [-0.25, -0.2) is 0 Å². The van der Waals surface area contributed by atoms with Crippen LogP contribution in [0.2, 0.25) is 0 Å². The summed E-state index contributed by atoms with van der Waals surface area (Å²) < 4.78 is 17.3. The Labute approximate surface area is 210 Å². The highest BCUT2D eigenvalue weighted by atomic mass is 16.5. The molecule has 1 aromatic heterocycles. The highest BCUT2D eigenvalue weighted by molar-refractivity contribution is 5.96. The number of methoxy groups -OCH3 is 1. The van der Waals surface area contributed by atoms with Crippen molar-refractivity contribution >= 4 is 17.7 Å². The lowest BCUT2D eigenvalue weighted by atomic mass is 10.2. The molecule has 0 aliphatic carbocycles. The number of ether oxygens (including phenoxy) is 3. The fourth-order valence-electron chi connectivity index (χ4n) is 4.35. The van der Waals surface area contributed by atoms with Gasteiger partial charge in [0, 0.05) is 39.4 Å². The van der Waals surface area contributed by atoms with Crippen LogP contribution in [0.15, 0.2) is 42.7 Å². The molecule has 1 N–H and O–H groups in total. The summed E-state index contributed by atoms with van der Waals surface area (Å²) in [5.41, 5.74) is 1.19. The van der Waals surface area contributed by atoms with E-state index in [1.165, 1.54) is 24.4 Å². The molecule has 0 spiro atoms. The van der Waals surface area contributed by atoms with E-state index in [4.69, 9.17) is 14.2 Å². The first-order chi connectivity index (χ1) is 17.5. The van der Waals surface area contributed by atoms with Crippen LogP contribution in [0.4, 0.5) is 0 Å². The molecule has 1 fully saturated rings. The first-order valence-electron chi connectivity index (χ1n) is 12.2. The van der Waals surface area contributed by atoms with Gasteiger partial charge < -0.3 is 29.3 Å². The number of fused-ring (bicyclic) bond motifs is 5. The van der Waals surface area contributed by atoms with E-state index in [9.17, 15) is 14.4 Å². The molecule has 2 aliphatic rings. The Morgan fingerprint density at radius 2 is 2.06 bits per heavy atom. The molecule has 2 aliphatic heterocycles. The number of carbonyl (C=O) groups is 3. The predicted octanol–water partition coefficient (Wildman–Crippen LogP) is 1.99. The summed E-state index contributed by atoms with van der Waals surface area (Å²) in [5, 5.41) is 3.00. The van der Waals surface area contributed by atoms with Crippen LogP contribution >= 0.6 is 0 Å². The number of amides is 3. The average Bonchev–Trinajstić information content (AvgIpc) is 3.27. The zero-order chi connectivity index (χ0) is 25.5. The molecular weight excluding hydrogens is 464 g/mol. The molecule has 3 heterocycles. The zero-order valence-corrected chi connectivity index (χ0v) is 20.6. The third-order valence-electron chi connectivity index (χ3n) is 6.17. The van der Waals surface area contributed by atoms with Crippen molar-refractivity contribution in [2.45, 2.75) is 38.5 Å². The lowest BCUT2D eigenvalue weighted by Crippen LogP contribution is -2.49. The number of likely N-dealkylation sites (tertiary alicyclic amines) is 1. The van der Waals surface area contributed by atoms with E-state index >= 15 is 0 Å². The van der Waals surface area contributed by atoms with Crippen LogP contribution in [-0.2, 0) is 25.7 Å². The molecule has 4 rings (SSSR count). The van der Waals surface area contributed by atoms with Crippen molar-refractivity contribution in [2.24, 2.45) is 0 Å². The van der Waals surface area contributed by atoms with Gasteiger partial charge in [0.15, 0.2) is 0 Å². The molecule has 3 amide bonds. The Kier molecular flexibility index (Phi) is 8.50. The fourth-order valence-corrected chi connectivity index (χ4v) is 4.35. The van der Waals surface area contributed by atoms with Gasteiger partial charge in [0.25, 0.3) is 5.91 Å². The first kappa shape index (κ1) is 25.6. The van der Waals surface area contributed by atoms with Crippen molar-refractivity contribution in [1.82, 2.24) is 20.1 Å². The predicted molar refractivity (Wildman–Crippen MR) is 131 cm³/mol. The third kappa shape index (κ3) is 6.38. The summed E-state index contributed by atoms with van der Waals surface area (Å²) in [4.78, 5) is 46.2. The van der Waals surface area contributed by atoms with Crippen LogP contribution in [0.5, 0.6) is 11.5 Å². The Balaban J connectivity index is 1.63. The van der Waals surface area contributed by atoms with E-state index in [1.54, 1.807) is 11.0 Å².